The van der Waals surface area contributed by atoms with Gasteiger partial charge in [0, 0.05) is 25.8 Å². The lowest BCUT2D eigenvalue weighted by atomic mass is 10.2. The highest BCUT2D eigenvalue weighted by Crippen LogP contribution is 2.11. The van der Waals surface area contributed by atoms with E-state index in [-0.39, 0.29) is 29.8 Å². The first-order valence-corrected chi connectivity index (χ1v) is 8.69. The second kappa shape index (κ2) is 12.2. The fraction of sp³-hybridized carbons (Fsp3) is 0.300. The summed E-state index contributed by atoms with van der Waals surface area (Å²) in [5.41, 5.74) is 2.67. The lowest BCUT2D eigenvalue weighted by Crippen LogP contribution is -2.38. The number of ether oxygens (including phenoxy) is 1. The molecule has 8 heteroatoms. The molecule has 0 heterocycles. The molecule has 0 saturated carbocycles. The monoisotopic (exact) mass is 500 g/mol. The maximum atomic E-state index is 13.1. The average molecular weight is 500 g/mol. The number of halogens is 2. The van der Waals surface area contributed by atoms with E-state index in [0.717, 1.165) is 23.6 Å². The summed E-state index contributed by atoms with van der Waals surface area (Å²) in [6.07, 6.45) is -0.502. The first kappa shape index (κ1) is 23.7. The third kappa shape index (κ3) is 7.71. The van der Waals surface area contributed by atoms with Gasteiger partial charge in [-0.05, 0) is 42.3 Å². The molecule has 28 heavy (non-hydrogen) atoms. The molecule has 2 aromatic rings. The number of guanidine groups is 1. The van der Waals surface area contributed by atoms with Gasteiger partial charge in [-0.1, -0.05) is 24.3 Å². The van der Waals surface area contributed by atoms with Gasteiger partial charge in [-0.25, -0.2) is 14.2 Å². The largest absolute Gasteiger partial charge is 0.453 e. The molecule has 0 radical (unpaired) electrons. The van der Waals surface area contributed by atoms with E-state index in [2.05, 4.69) is 20.4 Å². The van der Waals surface area contributed by atoms with E-state index >= 15 is 0 Å². The topological polar surface area (TPSA) is 66.0 Å². The summed E-state index contributed by atoms with van der Waals surface area (Å²) in [6, 6.07) is 13.9. The zero-order valence-electron chi connectivity index (χ0n) is 16.2. The molecule has 2 rings (SSSR count). The summed E-state index contributed by atoms with van der Waals surface area (Å²) in [5.74, 6) is 0.519. The van der Waals surface area contributed by atoms with Gasteiger partial charge in [0.1, 0.15) is 5.82 Å². The molecule has 0 fully saturated rings. The number of carbonyl (C=O) groups excluding carboxylic acids is 1. The Balaban J connectivity index is 0.00000392. The number of rotatable bonds is 6. The van der Waals surface area contributed by atoms with Gasteiger partial charge in [-0.2, -0.15) is 0 Å². The van der Waals surface area contributed by atoms with Crippen LogP contribution in [0.5, 0.6) is 0 Å². The summed E-state index contributed by atoms with van der Waals surface area (Å²) in [7, 11) is 3.26. The van der Waals surface area contributed by atoms with Crippen LogP contribution in [0.1, 0.15) is 18.1 Å². The van der Waals surface area contributed by atoms with Gasteiger partial charge in [0.05, 0.1) is 13.7 Å². The minimum absolute atomic E-state index is 0. The number of nitrogens with one attached hydrogen (secondary N) is 2. The molecule has 0 aliphatic carbocycles. The van der Waals surface area contributed by atoms with Crippen LogP contribution in [0.2, 0.25) is 0 Å². The van der Waals surface area contributed by atoms with Crippen LogP contribution in [0.3, 0.4) is 0 Å². The molecule has 0 aliphatic rings. The molecule has 0 bridgehead atoms. The molecule has 1 amide bonds. The number of methoxy groups -OCH3 is 1. The Morgan fingerprint density at radius 3 is 2.29 bits per heavy atom. The first-order chi connectivity index (χ1) is 13.0. The zero-order valence-corrected chi connectivity index (χ0v) is 18.6. The van der Waals surface area contributed by atoms with Crippen molar-refractivity contribution in [3.05, 3.63) is 65.5 Å². The number of carbonyl (C=O) groups is 1. The first-order valence-electron chi connectivity index (χ1n) is 8.69. The SMILES string of the molecule is CCNC(=NCc1ccc(NC(=O)OC)cc1)N(C)Cc1ccc(F)cc1.I. The quantitative estimate of drug-likeness (QED) is 0.354. The van der Waals surface area contributed by atoms with Crippen molar-refractivity contribution >= 4 is 41.7 Å². The number of nitrogens with zero attached hydrogens (tertiary/aromatic N) is 2. The molecule has 0 unspecified atom stereocenters. The molecule has 152 valence electrons. The number of anilines is 1. The van der Waals surface area contributed by atoms with E-state index in [4.69, 9.17) is 0 Å². The third-order valence-electron chi connectivity index (χ3n) is 3.83. The average Bonchev–Trinajstić information content (AvgIpc) is 2.68. The predicted molar refractivity (Wildman–Crippen MR) is 121 cm³/mol. The van der Waals surface area contributed by atoms with Crippen molar-refractivity contribution in [1.29, 1.82) is 0 Å². The van der Waals surface area contributed by atoms with Crippen LogP contribution in [-0.4, -0.2) is 37.7 Å². The van der Waals surface area contributed by atoms with Crippen molar-refractivity contribution < 1.29 is 13.9 Å². The Morgan fingerprint density at radius 1 is 1.11 bits per heavy atom. The van der Waals surface area contributed by atoms with E-state index < -0.39 is 6.09 Å². The third-order valence-corrected chi connectivity index (χ3v) is 3.83. The highest BCUT2D eigenvalue weighted by atomic mass is 127. The van der Waals surface area contributed by atoms with Crippen LogP contribution < -0.4 is 10.6 Å². The number of amides is 1. The summed E-state index contributed by atoms with van der Waals surface area (Å²) in [4.78, 5) is 17.8. The molecule has 0 atom stereocenters. The van der Waals surface area contributed by atoms with Crippen molar-refractivity contribution in [3.63, 3.8) is 0 Å². The number of aliphatic imine (C=N–C) groups is 1. The maximum absolute atomic E-state index is 13.1. The van der Waals surface area contributed by atoms with Crippen molar-refractivity contribution in [1.82, 2.24) is 10.2 Å². The molecular weight excluding hydrogens is 474 g/mol. The summed E-state index contributed by atoms with van der Waals surface area (Å²) >= 11 is 0. The molecule has 0 aromatic heterocycles. The van der Waals surface area contributed by atoms with Crippen LogP contribution >= 0.6 is 24.0 Å². The number of hydrogen-bond donors (Lipinski definition) is 2. The molecule has 6 nitrogen and oxygen atoms in total. The zero-order chi connectivity index (χ0) is 19.6. The molecule has 2 N–H and O–H groups in total. The Bertz CT molecular complexity index is 767. The van der Waals surface area contributed by atoms with Gasteiger partial charge >= 0.3 is 6.09 Å². The smallest absolute Gasteiger partial charge is 0.411 e. The van der Waals surface area contributed by atoms with E-state index in [9.17, 15) is 9.18 Å². The Kier molecular flexibility index (Phi) is 10.3. The Hall–Kier alpha value is -2.36. The number of benzene rings is 2. The van der Waals surface area contributed by atoms with Gasteiger partial charge in [0.15, 0.2) is 5.96 Å². The predicted octanol–water partition coefficient (Wildman–Crippen LogP) is 4.22. The second-order valence-corrected chi connectivity index (χ2v) is 5.97. The van der Waals surface area contributed by atoms with Gasteiger partial charge in [-0.15, -0.1) is 24.0 Å². The van der Waals surface area contributed by atoms with Crippen LogP contribution in [-0.2, 0) is 17.8 Å². The van der Waals surface area contributed by atoms with Crippen LogP contribution in [0.4, 0.5) is 14.9 Å². The Labute approximate surface area is 182 Å². The maximum Gasteiger partial charge on any atom is 0.411 e. The highest BCUT2D eigenvalue weighted by molar-refractivity contribution is 14.0. The van der Waals surface area contributed by atoms with Gasteiger partial charge in [0.2, 0.25) is 0 Å². The minimum atomic E-state index is -0.502. The molecule has 2 aromatic carbocycles. The normalized spacial score (nSPS) is 10.6. The van der Waals surface area contributed by atoms with Gasteiger partial charge in [0.25, 0.3) is 0 Å². The standard InChI is InChI=1S/C20H25FN4O2.HI/c1-4-22-19(25(2)14-16-5-9-17(21)10-6-16)23-13-15-7-11-18(12-8-15)24-20(26)27-3;/h5-12H,4,13-14H2,1-3H3,(H,22,23)(H,24,26);1H. The van der Waals surface area contributed by atoms with Crippen molar-refractivity contribution in [2.45, 2.75) is 20.0 Å². The minimum Gasteiger partial charge on any atom is -0.453 e. The van der Waals surface area contributed by atoms with Crippen molar-refractivity contribution in [2.24, 2.45) is 4.99 Å². The molecule has 0 saturated heterocycles. The summed E-state index contributed by atoms with van der Waals surface area (Å²) in [5, 5.41) is 5.87. The molecule has 0 spiro atoms. The van der Waals surface area contributed by atoms with E-state index in [1.807, 2.05) is 31.0 Å². The van der Waals surface area contributed by atoms with E-state index in [0.29, 0.717) is 18.8 Å². The van der Waals surface area contributed by atoms with Crippen LogP contribution in [0.15, 0.2) is 53.5 Å². The van der Waals surface area contributed by atoms with Gasteiger partial charge in [-0.3, -0.25) is 5.32 Å². The van der Waals surface area contributed by atoms with Crippen LogP contribution in [0.25, 0.3) is 0 Å². The van der Waals surface area contributed by atoms with Gasteiger partial charge < -0.3 is 15.0 Å². The van der Waals surface area contributed by atoms with Crippen molar-refractivity contribution in [3.8, 4) is 0 Å². The summed E-state index contributed by atoms with van der Waals surface area (Å²) < 4.78 is 17.6. The lowest BCUT2D eigenvalue weighted by Gasteiger charge is -2.22. The van der Waals surface area contributed by atoms with E-state index in [1.54, 1.807) is 24.3 Å². The fourth-order valence-electron chi connectivity index (χ4n) is 2.44. The van der Waals surface area contributed by atoms with Crippen LogP contribution in [0, 0.1) is 5.82 Å². The highest BCUT2D eigenvalue weighted by Gasteiger charge is 2.07. The molecular formula is C20H26FIN4O2. The van der Waals surface area contributed by atoms with E-state index in [1.165, 1.54) is 19.2 Å². The second-order valence-electron chi connectivity index (χ2n) is 5.97. The van der Waals surface area contributed by atoms with Crippen molar-refractivity contribution in [2.75, 3.05) is 26.0 Å². The number of hydrogen-bond acceptors (Lipinski definition) is 3. The summed E-state index contributed by atoms with van der Waals surface area (Å²) in [6.45, 7) is 3.87. The Morgan fingerprint density at radius 2 is 1.71 bits per heavy atom. The lowest BCUT2D eigenvalue weighted by molar-refractivity contribution is 0.187. The fourth-order valence-corrected chi connectivity index (χ4v) is 2.44. The molecule has 0 aliphatic heterocycles.